The number of hydrogen-bond acceptors (Lipinski definition) is 2. The van der Waals surface area contributed by atoms with E-state index in [9.17, 15) is 9.50 Å². The van der Waals surface area contributed by atoms with Crippen molar-refractivity contribution >= 4 is 5.69 Å². The molecular formula is C15H24FNO. The van der Waals surface area contributed by atoms with Crippen molar-refractivity contribution in [1.82, 2.24) is 0 Å². The van der Waals surface area contributed by atoms with E-state index in [0.717, 1.165) is 25.8 Å². The molecule has 3 heteroatoms. The molecule has 102 valence electrons. The number of anilines is 1. The van der Waals surface area contributed by atoms with Crippen LogP contribution in [0.2, 0.25) is 0 Å². The molecule has 0 aromatic heterocycles. The molecule has 0 fully saturated rings. The number of unbranched alkanes of at least 4 members (excludes halogenated alkanes) is 2. The lowest BCUT2D eigenvalue weighted by molar-refractivity contribution is 0.281. The van der Waals surface area contributed by atoms with Crippen LogP contribution in [0.3, 0.4) is 0 Å². The second-order valence-corrected chi connectivity index (χ2v) is 4.90. The second kappa shape index (κ2) is 7.37. The Hall–Kier alpha value is -1.09. The van der Waals surface area contributed by atoms with Gasteiger partial charge in [-0.3, -0.25) is 0 Å². The van der Waals surface area contributed by atoms with Gasteiger partial charge in [-0.2, -0.15) is 0 Å². The van der Waals surface area contributed by atoms with Crippen LogP contribution in [0, 0.1) is 5.82 Å². The molecule has 0 unspecified atom stereocenters. The van der Waals surface area contributed by atoms with Crippen LogP contribution >= 0.6 is 0 Å². The zero-order valence-corrected chi connectivity index (χ0v) is 11.6. The minimum absolute atomic E-state index is 0.121. The maximum atomic E-state index is 14.0. The summed E-state index contributed by atoms with van der Waals surface area (Å²) in [6.07, 6.45) is 3.34. The number of rotatable bonds is 7. The summed E-state index contributed by atoms with van der Waals surface area (Å²) in [4.78, 5) is 2.05. The first-order valence-electron chi connectivity index (χ1n) is 6.76. The van der Waals surface area contributed by atoms with E-state index in [1.807, 2.05) is 0 Å². The van der Waals surface area contributed by atoms with Gasteiger partial charge >= 0.3 is 0 Å². The van der Waals surface area contributed by atoms with Crippen molar-refractivity contribution in [1.29, 1.82) is 0 Å². The summed E-state index contributed by atoms with van der Waals surface area (Å²) in [5.74, 6) is -0.244. The van der Waals surface area contributed by atoms with E-state index in [2.05, 4.69) is 25.7 Å². The molecule has 18 heavy (non-hydrogen) atoms. The summed E-state index contributed by atoms with van der Waals surface area (Å²) in [6.45, 7) is 6.98. The van der Waals surface area contributed by atoms with Gasteiger partial charge in [-0.15, -0.1) is 0 Å². The van der Waals surface area contributed by atoms with E-state index in [4.69, 9.17) is 0 Å². The summed E-state index contributed by atoms with van der Waals surface area (Å²) in [6, 6.07) is 5.12. The molecule has 0 radical (unpaired) electrons. The molecule has 0 bridgehead atoms. The van der Waals surface area contributed by atoms with Crippen molar-refractivity contribution in [3.05, 3.63) is 29.6 Å². The van der Waals surface area contributed by atoms with Gasteiger partial charge in [0.1, 0.15) is 5.82 Å². The van der Waals surface area contributed by atoms with E-state index in [1.54, 1.807) is 12.1 Å². The number of aliphatic hydroxyl groups excluding tert-OH is 1. The third kappa shape index (κ3) is 3.70. The Balaban J connectivity index is 2.97. The van der Waals surface area contributed by atoms with Crippen molar-refractivity contribution in [3.63, 3.8) is 0 Å². The Labute approximate surface area is 109 Å². The lowest BCUT2D eigenvalue weighted by atomic mass is 10.1. The van der Waals surface area contributed by atoms with Crippen LogP contribution in [-0.4, -0.2) is 17.7 Å². The fraction of sp³-hybridized carbons (Fsp3) is 0.600. The van der Waals surface area contributed by atoms with Crippen molar-refractivity contribution in [2.75, 3.05) is 11.4 Å². The predicted molar refractivity (Wildman–Crippen MR) is 74.3 cm³/mol. The van der Waals surface area contributed by atoms with Gasteiger partial charge in [0.05, 0.1) is 12.3 Å². The summed E-state index contributed by atoms with van der Waals surface area (Å²) >= 11 is 0. The largest absolute Gasteiger partial charge is 0.392 e. The van der Waals surface area contributed by atoms with Gasteiger partial charge in [0.15, 0.2) is 0 Å². The van der Waals surface area contributed by atoms with Gasteiger partial charge in [0.25, 0.3) is 0 Å². The highest BCUT2D eigenvalue weighted by atomic mass is 19.1. The lowest BCUT2D eigenvalue weighted by Gasteiger charge is -2.31. The third-order valence-corrected chi connectivity index (χ3v) is 3.15. The van der Waals surface area contributed by atoms with Crippen LogP contribution < -0.4 is 4.90 Å². The Bertz CT molecular complexity index is 366. The number of halogens is 1. The second-order valence-electron chi connectivity index (χ2n) is 4.90. The smallest absolute Gasteiger partial charge is 0.146 e. The highest BCUT2D eigenvalue weighted by Gasteiger charge is 2.17. The monoisotopic (exact) mass is 253 g/mol. The van der Waals surface area contributed by atoms with E-state index in [1.165, 1.54) is 6.07 Å². The van der Waals surface area contributed by atoms with Crippen LogP contribution in [-0.2, 0) is 6.61 Å². The normalized spacial score (nSPS) is 11.0. The summed E-state index contributed by atoms with van der Waals surface area (Å²) in [5, 5.41) is 9.35. The van der Waals surface area contributed by atoms with Crippen LogP contribution in [0.15, 0.2) is 18.2 Å². The van der Waals surface area contributed by atoms with Gasteiger partial charge in [-0.1, -0.05) is 31.9 Å². The average Bonchev–Trinajstić information content (AvgIpc) is 2.35. The Morgan fingerprint density at radius 1 is 1.28 bits per heavy atom. The molecule has 0 saturated carbocycles. The van der Waals surface area contributed by atoms with Gasteiger partial charge in [0.2, 0.25) is 0 Å². The molecule has 1 aromatic carbocycles. The highest BCUT2D eigenvalue weighted by molar-refractivity contribution is 5.55. The van der Waals surface area contributed by atoms with E-state index in [0.29, 0.717) is 11.3 Å². The number of nitrogens with zero attached hydrogens (tertiary/aromatic N) is 1. The quantitative estimate of drug-likeness (QED) is 0.749. The van der Waals surface area contributed by atoms with Crippen LogP contribution in [0.1, 0.15) is 45.6 Å². The molecule has 0 heterocycles. The van der Waals surface area contributed by atoms with Crippen molar-refractivity contribution in [2.45, 2.75) is 52.7 Å². The van der Waals surface area contributed by atoms with Crippen molar-refractivity contribution < 1.29 is 9.50 Å². The van der Waals surface area contributed by atoms with Gasteiger partial charge in [0, 0.05) is 18.2 Å². The average molecular weight is 253 g/mol. The van der Waals surface area contributed by atoms with Crippen LogP contribution in [0.5, 0.6) is 0 Å². The standard InChI is InChI=1S/C15H24FNO/c1-4-5-6-10-17(12(2)3)15-13(11-18)8-7-9-14(15)16/h7-9,12,18H,4-6,10-11H2,1-3H3. The number of hydrogen-bond donors (Lipinski definition) is 1. The topological polar surface area (TPSA) is 23.5 Å². The first-order valence-corrected chi connectivity index (χ1v) is 6.76. The zero-order chi connectivity index (χ0) is 13.5. The molecule has 0 atom stereocenters. The maximum Gasteiger partial charge on any atom is 0.146 e. The number of para-hydroxylation sites is 1. The molecule has 0 spiro atoms. The summed E-state index contributed by atoms with van der Waals surface area (Å²) in [5.41, 5.74) is 1.23. The fourth-order valence-corrected chi connectivity index (χ4v) is 2.17. The molecule has 2 nitrogen and oxygen atoms in total. The first-order chi connectivity index (χ1) is 8.61. The summed E-state index contributed by atoms with van der Waals surface area (Å²) < 4.78 is 14.0. The molecular weight excluding hydrogens is 229 g/mol. The highest BCUT2D eigenvalue weighted by Crippen LogP contribution is 2.27. The van der Waals surface area contributed by atoms with E-state index >= 15 is 0 Å². The summed E-state index contributed by atoms with van der Waals surface area (Å²) in [7, 11) is 0. The third-order valence-electron chi connectivity index (χ3n) is 3.15. The van der Waals surface area contributed by atoms with E-state index in [-0.39, 0.29) is 18.5 Å². The Morgan fingerprint density at radius 3 is 2.56 bits per heavy atom. The Kier molecular flexibility index (Phi) is 6.13. The van der Waals surface area contributed by atoms with Crippen molar-refractivity contribution in [2.24, 2.45) is 0 Å². The van der Waals surface area contributed by atoms with E-state index < -0.39 is 0 Å². The van der Waals surface area contributed by atoms with Crippen LogP contribution in [0.4, 0.5) is 10.1 Å². The van der Waals surface area contributed by atoms with Crippen LogP contribution in [0.25, 0.3) is 0 Å². The molecule has 0 aliphatic heterocycles. The molecule has 0 aliphatic carbocycles. The maximum absolute atomic E-state index is 14.0. The first kappa shape index (κ1) is 15.0. The molecule has 1 N–H and O–H groups in total. The van der Waals surface area contributed by atoms with Gasteiger partial charge in [-0.25, -0.2) is 4.39 Å². The minimum Gasteiger partial charge on any atom is -0.392 e. The molecule has 0 aliphatic rings. The van der Waals surface area contributed by atoms with Gasteiger partial charge in [-0.05, 0) is 26.3 Å². The zero-order valence-electron chi connectivity index (χ0n) is 11.6. The lowest BCUT2D eigenvalue weighted by Crippen LogP contribution is -2.33. The minimum atomic E-state index is -0.244. The molecule has 0 saturated heterocycles. The number of aliphatic hydroxyl groups is 1. The molecule has 0 amide bonds. The molecule has 1 aromatic rings. The number of benzene rings is 1. The SMILES string of the molecule is CCCCCN(c1c(F)cccc1CO)C(C)C. The Morgan fingerprint density at radius 2 is 2.00 bits per heavy atom. The molecule has 1 rings (SSSR count). The van der Waals surface area contributed by atoms with Crippen molar-refractivity contribution in [3.8, 4) is 0 Å². The van der Waals surface area contributed by atoms with Gasteiger partial charge < -0.3 is 10.0 Å². The predicted octanol–water partition coefficient (Wildman–Crippen LogP) is 3.72. The fourth-order valence-electron chi connectivity index (χ4n) is 2.17.